The zero-order valence-electron chi connectivity index (χ0n) is 25.1. The number of aryl methyl sites for hydroxylation is 1. The smallest absolute Gasteiger partial charge is 0.251 e. The van der Waals surface area contributed by atoms with Crippen molar-refractivity contribution in [1.82, 2.24) is 5.32 Å². The van der Waals surface area contributed by atoms with Crippen LogP contribution in [0.1, 0.15) is 140 Å². The van der Waals surface area contributed by atoms with Gasteiger partial charge in [0.15, 0.2) is 12.4 Å². The fraction of sp³-hybridized carbons (Fsp3) is 0.647. The average Bonchev–Trinajstić information content (AvgIpc) is 2.90. The van der Waals surface area contributed by atoms with Gasteiger partial charge in [-0.25, -0.2) is 4.57 Å². The Labute approximate surface area is 233 Å². The first-order valence-electron chi connectivity index (χ1n) is 15.4. The lowest BCUT2D eigenvalue weighted by Gasteiger charge is -2.23. The zero-order valence-corrected chi connectivity index (χ0v) is 25.1. The van der Waals surface area contributed by atoms with E-state index in [0.717, 1.165) is 42.9 Å². The summed E-state index contributed by atoms with van der Waals surface area (Å²) in [6.07, 6.45) is 21.3. The first kappa shape index (κ1) is 31.9. The van der Waals surface area contributed by atoms with E-state index in [1.807, 2.05) is 18.2 Å². The highest BCUT2D eigenvalue weighted by atomic mass is 16.5. The number of aromatic nitrogens is 1. The molecule has 0 saturated carbocycles. The molecule has 0 fully saturated rings. The molecule has 0 aliphatic carbocycles. The van der Waals surface area contributed by atoms with Crippen molar-refractivity contribution >= 4 is 5.91 Å². The van der Waals surface area contributed by atoms with Gasteiger partial charge in [0.05, 0.1) is 6.61 Å². The number of ether oxygens (including phenoxy) is 1. The fourth-order valence-electron chi connectivity index (χ4n) is 4.81. The largest absolute Gasteiger partial charge is 0.493 e. The second-order valence-electron chi connectivity index (χ2n) is 11.8. The van der Waals surface area contributed by atoms with E-state index in [1.165, 1.54) is 70.6 Å². The number of carbonyl (C=O) groups is 1. The van der Waals surface area contributed by atoms with Crippen molar-refractivity contribution in [2.24, 2.45) is 0 Å². The Hall–Kier alpha value is -2.36. The molecule has 0 aliphatic rings. The fourth-order valence-corrected chi connectivity index (χ4v) is 4.81. The number of unbranched alkanes of at least 4 members (excludes halogenated alkanes) is 11. The van der Waals surface area contributed by atoms with E-state index in [2.05, 4.69) is 69.0 Å². The summed E-state index contributed by atoms with van der Waals surface area (Å²) in [5.74, 6) is 0.856. The minimum atomic E-state index is -0.103. The van der Waals surface area contributed by atoms with Crippen LogP contribution >= 0.6 is 0 Å². The number of benzene rings is 1. The van der Waals surface area contributed by atoms with Crippen molar-refractivity contribution in [3.63, 3.8) is 0 Å². The standard InChI is InChI=1S/C34H54N2O2/c1-6-8-9-10-11-12-13-14-15-16-17-18-26-38-32-20-19-30(27-31(32)34(3,4)5)33(37)35-28-29-21-24-36(23-7-2)25-22-29/h19-22,24-25,27H,6-18,23,26,28H2,1-5H3/p+1. The van der Waals surface area contributed by atoms with Crippen molar-refractivity contribution < 1.29 is 14.1 Å². The van der Waals surface area contributed by atoms with Gasteiger partial charge < -0.3 is 10.1 Å². The third-order valence-corrected chi connectivity index (χ3v) is 7.20. The molecule has 1 aromatic carbocycles. The lowest BCUT2D eigenvalue weighted by atomic mass is 9.85. The van der Waals surface area contributed by atoms with Crippen molar-refractivity contribution in [2.45, 2.75) is 137 Å². The average molecular weight is 524 g/mol. The van der Waals surface area contributed by atoms with Crippen LogP contribution in [-0.4, -0.2) is 12.5 Å². The van der Waals surface area contributed by atoms with E-state index < -0.39 is 0 Å². The number of nitrogens with zero attached hydrogens (tertiary/aromatic N) is 1. The minimum absolute atomic E-state index is 0.0479. The van der Waals surface area contributed by atoms with Crippen molar-refractivity contribution in [2.75, 3.05) is 6.61 Å². The van der Waals surface area contributed by atoms with Crippen LogP contribution in [-0.2, 0) is 18.5 Å². The Bertz CT molecular complexity index is 915. The number of nitrogens with one attached hydrogen (secondary N) is 1. The minimum Gasteiger partial charge on any atom is -0.493 e. The Morgan fingerprint density at radius 2 is 1.37 bits per heavy atom. The highest BCUT2D eigenvalue weighted by Gasteiger charge is 2.21. The molecule has 212 valence electrons. The lowest BCUT2D eigenvalue weighted by Crippen LogP contribution is -2.32. The predicted octanol–water partition coefficient (Wildman–Crippen LogP) is 8.69. The maximum Gasteiger partial charge on any atom is 0.251 e. The van der Waals surface area contributed by atoms with E-state index >= 15 is 0 Å². The third-order valence-electron chi connectivity index (χ3n) is 7.20. The molecule has 1 amide bonds. The van der Waals surface area contributed by atoms with Gasteiger partial charge in [-0.1, -0.05) is 105 Å². The van der Waals surface area contributed by atoms with Crippen molar-refractivity contribution in [3.8, 4) is 5.75 Å². The van der Waals surface area contributed by atoms with Crippen molar-refractivity contribution in [1.29, 1.82) is 0 Å². The molecule has 0 saturated heterocycles. The molecule has 1 heterocycles. The molecular formula is C34H55N2O2+. The normalized spacial score (nSPS) is 11.5. The lowest BCUT2D eigenvalue weighted by molar-refractivity contribution is -0.697. The number of hydrogen-bond donors (Lipinski definition) is 1. The van der Waals surface area contributed by atoms with Crippen LogP contribution in [0.2, 0.25) is 0 Å². The summed E-state index contributed by atoms with van der Waals surface area (Å²) in [7, 11) is 0. The first-order valence-corrected chi connectivity index (χ1v) is 15.4. The second-order valence-corrected chi connectivity index (χ2v) is 11.8. The first-order chi connectivity index (χ1) is 18.3. The zero-order chi connectivity index (χ0) is 27.6. The molecule has 0 bridgehead atoms. The maximum atomic E-state index is 12.9. The second kappa shape index (κ2) is 18.0. The van der Waals surface area contributed by atoms with E-state index in [-0.39, 0.29) is 11.3 Å². The molecule has 0 radical (unpaired) electrons. The molecule has 38 heavy (non-hydrogen) atoms. The summed E-state index contributed by atoms with van der Waals surface area (Å²) in [4.78, 5) is 12.9. The highest BCUT2D eigenvalue weighted by Crippen LogP contribution is 2.32. The summed E-state index contributed by atoms with van der Waals surface area (Å²) in [5, 5.41) is 3.07. The molecule has 4 heteroatoms. The molecule has 0 unspecified atom stereocenters. The maximum absolute atomic E-state index is 12.9. The SMILES string of the molecule is CCCCCCCCCCCCCCOc1ccc(C(=O)NCc2cc[n+](CCC)cc2)cc1C(C)(C)C. The van der Waals surface area contributed by atoms with Crippen LogP contribution in [0.4, 0.5) is 0 Å². The van der Waals surface area contributed by atoms with Gasteiger partial charge in [0.25, 0.3) is 5.91 Å². The molecule has 0 aliphatic heterocycles. The molecule has 1 aromatic heterocycles. The van der Waals surface area contributed by atoms with Gasteiger partial charge >= 0.3 is 0 Å². The van der Waals surface area contributed by atoms with Crippen LogP contribution in [0.15, 0.2) is 42.7 Å². The van der Waals surface area contributed by atoms with E-state index in [4.69, 9.17) is 4.74 Å². The third kappa shape index (κ3) is 12.5. The van der Waals surface area contributed by atoms with Crippen LogP contribution < -0.4 is 14.6 Å². The Morgan fingerprint density at radius 1 is 0.789 bits per heavy atom. The van der Waals surface area contributed by atoms with Gasteiger partial charge in [0.2, 0.25) is 0 Å². The van der Waals surface area contributed by atoms with Crippen LogP contribution in [0, 0.1) is 0 Å². The Morgan fingerprint density at radius 3 is 1.92 bits per heavy atom. The highest BCUT2D eigenvalue weighted by molar-refractivity contribution is 5.94. The summed E-state index contributed by atoms with van der Waals surface area (Å²) in [5.41, 5.74) is 2.77. The Balaban J connectivity index is 1.74. The van der Waals surface area contributed by atoms with Gasteiger partial charge in [0.1, 0.15) is 12.3 Å². The van der Waals surface area contributed by atoms with Crippen LogP contribution in [0.25, 0.3) is 0 Å². The van der Waals surface area contributed by atoms with Crippen LogP contribution in [0.5, 0.6) is 5.75 Å². The van der Waals surface area contributed by atoms with Gasteiger partial charge in [-0.15, -0.1) is 0 Å². The summed E-state index contributed by atoms with van der Waals surface area (Å²) < 4.78 is 8.38. The molecule has 0 spiro atoms. The van der Waals surface area contributed by atoms with Gasteiger partial charge in [-0.05, 0) is 35.6 Å². The summed E-state index contributed by atoms with van der Waals surface area (Å²) >= 11 is 0. The van der Waals surface area contributed by atoms with E-state index in [0.29, 0.717) is 12.1 Å². The summed E-state index contributed by atoms with van der Waals surface area (Å²) in [6, 6.07) is 10.0. The number of amides is 1. The quantitative estimate of drug-likeness (QED) is 0.148. The van der Waals surface area contributed by atoms with Gasteiger partial charge in [-0.3, -0.25) is 4.79 Å². The topological polar surface area (TPSA) is 42.2 Å². The molecule has 2 aromatic rings. The van der Waals surface area contributed by atoms with E-state index in [1.54, 1.807) is 0 Å². The molecule has 1 N–H and O–H groups in total. The number of pyridine rings is 1. The van der Waals surface area contributed by atoms with Crippen LogP contribution in [0.3, 0.4) is 0 Å². The number of carbonyl (C=O) groups excluding carboxylic acids is 1. The van der Waals surface area contributed by atoms with Gasteiger partial charge in [0, 0.05) is 36.2 Å². The Kier molecular flexibility index (Phi) is 15.1. The number of hydrogen-bond acceptors (Lipinski definition) is 2. The van der Waals surface area contributed by atoms with Crippen molar-refractivity contribution in [3.05, 3.63) is 59.4 Å². The molecular weight excluding hydrogens is 468 g/mol. The monoisotopic (exact) mass is 523 g/mol. The molecule has 2 rings (SSSR count). The summed E-state index contributed by atoms with van der Waals surface area (Å²) in [6.45, 7) is 13.2. The predicted molar refractivity (Wildman–Crippen MR) is 160 cm³/mol. The van der Waals surface area contributed by atoms with Gasteiger partial charge in [-0.2, -0.15) is 0 Å². The molecule has 4 nitrogen and oxygen atoms in total. The van der Waals surface area contributed by atoms with E-state index in [9.17, 15) is 4.79 Å². The number of rotatable bonds is 19. The molecule has 0 atom stereocenters.